The highest BCUT2D eigenvalue weighted by atomic mass is 16.6. The predicted octanol–water partition coefficient (Wildman–Crippen LogP) is 0.615. The van der Waals surface area contributed by atoms with E-state index in [1.54, 1.807) is 12.1 Å². The minimum absolute atomic E-state index is 0.0480. The molecule has 4 rings (SSSR count). The van der Waals surface area contributed by atoms with Gasteiger partial charge < -0.3 is 45.5 Å². The number of amides is 1. The summed E-state index contributed by atoms with van der Waals surface area (Å²) in [7, 11) is 1.94. The number of carboxylic acids is 1. The van der Waals surface area contributed by atoms with Gasteiger partial charge in [0.2, 0.25) is 5.91 Å². The van der Waals surface area contributed by atoms with Gasteiger partial charge in [0.15, 0.2) is 23.7 Å². The number of fused-ring (bicyclic) bond motifs is 1. The van der Waals surface area contributed by atoms with Gasteiger partial charge in [-0.05, 0) is 64.9 Å². The SMILES string of the molecule is Cc1ccc(O)c2c1[C@]13CCN(C)[C@H](C)[C@]1(O)CC=C(OC(=O)[C@H](C)OC(=O)CCNC(=O)[C@@H](N)CCC(=O)O)[C@@H]3O2. The summed E-state index contributed by atoms with van der Waals surface area (Å²) in [6.07, 6.45) is -0.489. The van der Waals surface area contributed by atoms with Gasteiger partial charge in [-0.25, -0.2) is 4.79 Å². The van der Waals surface area contributed by atoms with Gasteiger partial charge in [0.25, 0.3) is 0 Å². The van der Waals surface area contributed by atoms with Crippen LogP contribution in [0.5, 0.6) is 11.5 Å². The number of aromatic hydroxyl groups is 1. The number of nitrogens with two attached hydrogens (primary N) is 1. The highest BCUT2D eigenvalue weighted by molar-refractivity contribution is 5.83. The van der Waals surface area contributed by atoms with Crippen molar-refractivity contribution in [3.8, 4) is 11.5 Å². The van der Waals surface area contributed by atoms with Crippen molar-refractivity contribution in [1.29, 1.82) is 0 Å². The van der Waals surface area contributed by atoms with Crippen LogP contribution in [0.25, 0.3) is 0 Å². The first kappa shape index (κ1) is 31.3. The van der Waals surface area contributed by atoms with Crippen molar-refractivity contribution in [3.05, 3.63) is 35.1 Å². The van der Waals surface area contributed by atoms with E-state index in [9.17, 15) is 29.4 Å². The maximum absolute atomic E-state index is 13.0. The molecule has 0 unspecified atom stereocenters. The van der Waals surface area contributed by atoms with Crippen LogP contribution in [-0.4, -0.2) is 94.1 Å². The van der Waals surface area contributed by atoms with Crippen molar-refractivity contribution in [2.75, 3.05) is 20.1 Å². The maximum Gasteiger partial charge on any atom is 0.352 e. The summed E-state index contributed by atoms with van der Waals surface area (Å²) in [6, 6.07) is 2.00. The summed E-state index contributed by atoms with van der Waals surface area (Å²) in [4.78, 5) is 50.0. The van der Waals surface area contributed by atoms with Gasteiger partial charge in [0.1, 0.15) is 5.76 Å². The number of carbonyl (C=O) groups is 4. The van der Waals surface area contributed by atoms with Gasteiger partial charge in [0.05, 0.1) is 23.5 Å². The summed E-state index contributed by atoms with van der Waals surface area (Å²) >= 11 is 0. The molecule has 0 saturated carbocycles. The summed E-state index contributed by atoms with van der Waals surface area (Å²) in [5.74, 6) is -2.94. The summed E-state index contributed by atoms with van der Waals surface area (Å²) in [5.41, 5.74) is 4.89. The van der Waals surface area contributed by atoms with E-state index in [0.717, 1.165) is 5.56 Å². The lowest BCUT2D eigenvalue weighted by Gasteiger charge is -2.58. The highest BCUT2D eigenvalue weighted by Crippen LogP contribution is 2.62. The number of carboxylic acid groups (broad SMARTS) is 1. The zero-order chi connectivity index (χ0) is 31.0. The van der Waals surface area contributed by atoms with Crippen LogP contribution in [0, 0.1) is 6.92 Å². The van der Waals surface area contributed by atoms with E-state index >= 15 is 0 Å². The van der Waals surface area contributed by atoms with Crippen molar-refractivity contribution in [3.63, 3.8) is 0 Å². The first-order valence-corrected chi connectivity index (χ1v) is 14.0. The standard InChI is InChI=1S/C29H39N3O10/c1-15-5-7-19(33)24-23(15)28-12-14-32(4)17(3)29(28,39)11-9-20(25(28)42-24)41-27(38)16(2)40-22(36)10-13-31-26(37)18(30)6-8-21(34)35/h5,7,9,16-18,25,33,39H,6,8,10-14,30H2,1-4H3,(H,31,37)(H,34,35)/t16-,17+,18-,25-,28-,29+/m0/s1. The summed E-state index contributed by atoms with van der Waals surface area (Å²) in [6.45, 7) is 5.70. The molecule has 1 spiro atoms. The lowest BCUT2D eigenvalue weighted by Crippen LogP contribution is -2.71. The van der Waals surface area contributed by atoms with Crippen LogP contribution in [0.1, 0.15) is 57.1 Å². The fraction of sp³-hybridized carbons (Fsp3) is 0.586. The minimum Gasteiger partial charge on any atom is -0.504 e. The molecule has 2 heterocycles. The number of rotatable bonds is 10. The third kappa shape index (κ3) is 5.43. The largest absolute Gasteiger partial charge is 0.504 e. The molecule has 3 aliphatic rings. The van der Waals surface area contributed by atoms with Crippen LogP contribution >= 0.6 is 0 Å². The number of carbonyl (C=O) groups excluding carboxylic acids is 3. The lowest BCUT2D eigenvalue weighted by atomic mass is 9.54. The first-order chi connectivity index (χ1) is 19.7. The molecule has 1 fully saturated rings. The van der Waals surface area contributed by atoms with Crippen molar-refractivity contribution >= 4 is 23.8 Å². The van der Waals surface area contributed by atoms with E-state index in [0.29, 0.717) is 18.5 Å². The summed E-state index contributed by atoms with van der Waals surface area (Å²) in [5, 5.41) is 34.0. The molecule has 13 heteroatoms. The monoisotopic (exact) mass is 589 g/mol. The van der Waals surface area contributed by atoms with Crippen molar-refractivity contribution in [2.45, 2.75) is 88.2 Å². The number of hydrogen-bond donors (Lipinski definition) is 5. The fourth-order valence-electron chi connectivity index (χ4n) is 6.34. The van der Waals surface area contributed by atoms with E-state index in [2.05, 4.69) is 10.2 Å². The van der Waals surface area contributed by atoms with Gasteiger partial charge in [0, 0.05) is 31.0 Å². The molecular weight excluding hydrogens is 550 g/mol. The van der Waals surface area contributed by atoms with Crippen LogP contribution in [-0.2, 0) is 34.1 Å². The molecule has 0 bridgehead atoms. The van der Waals surface area contributed by atoms with Crippen molar-refractivity contribution in [2.24, 2.45) is 5.73 Å². The quantitative estimate of drug-likeness (QED) is 0.239. The van der Waals surface area contributed by atoms with Gasteiger partial charge in [-0.15, -0.1) is 0 Å². The number of hydrogen-bond acceptors (Lipinski definition) is 11. The Morgan fingerprint density at radius 2 is 1.98 bits per heavy atom. The Balaban J connectivity index is 1.43. The molecule has 2 aliphatic heterocycles. The number of esters is 2. The average molecular weight is 590 g/mol. The normalized spacial score (nSPS) is 27.7. The number of nitrogens with zero attached hydrogens (tertiary/aromatic N) is 1. The molecule has 1 amide bonds. The second kappa shape index (κ2) is 11.9. The third-order valence-corrected chi connectivity index (χ3v) is 8.82. The molecule has 1 aromatic carbocycles. The average Bonchev–Trinajstić information content (AvgIpc) is 3.31. The molecule has 1 aliphatic carbocycles. The van der Waals surface area contributed by atoms with E-state index in [4.69, 9.17) is 25.1 Å². The summed E-state index contributed by atoms with van der Waals surface area (Å²) < 4.78 is 17.2. The molecule has 6 N–H and O–H groups in total. The number of likely N-dealkylation sites (N-methyl/N-ethyl adjacent to an activating group) is 1. The van der Waals surface area contributed by atoms with E-state index in [-0.39, 0.29) is 55.5 Å². The third-order valence-electron chi connectivity index (χ3n) is 8.82. The van der Waals surface area contributed by atoms with Crippen molar-refractivity contribution < 1.29 is 48.7 Å². The second-order valence-corrected chi connectivity index (χ2v) is 11.3. The van der Waals surface area contributed by atoms with E-state index in [1.165, 1.54) is 13.0 Å². The van der Waals surface area contributed by atoms with Crippen LogP contribution in [0.4, 0.5) is 0 Å². The number of benzene rings is 1. The molecule has 230 valence electrons. The smallest absolute Gasteiger partial charge is 0.352 e. The molecule has 1 saturated heterocycles. The highest BCUT2D eigenvalue weighted by Gasteiger charge is 2.69. The topological polar surface area (TPSA) is 198 Å². The lowest BCUT2D eigenvalue weighted by molar-refractivity contribution is -0.171. The molecule has 13 nitrogen and oxygen atoms in total. The number of piperidine rings is 1. The molecule has 0 aromatic heterocycles. The second-order valence-electron chi connectivity index (χ2n) is 11.3. The fourth-order valence-corrected chi connectivity index (χ4v) is 6.34. The number of nitrogens with one attached hydrogen (secondary N) is 1. The van der Waals surface area contributed by atoms with Crippen LogP contribution in [0.3, 0.4) is 0 Å². The molecule has 0 radical (unpaired) electrons. The van der Waals surface area contributed by atoms with E-state index < -0.39 is 53.1 Å². The Hall–Kier alpha value is -3.68. The molecule has 6 atom stereocenters. The van der Waals surface area contributed by atoms with Crippen molar-refractivity contribution in [1.82, 2.24) is 10.2 Å². The number of aliphatic hydroxyl groups is 1. The Labute approximate surface area is 243 Å². The van der Waals surface area contributed by atoms with E-state index in [1.807, 2.05) is 20.9 Å². The number of aliphatic carboxylic acids is 1. The van der Waals surface area contributed by atoms with Gasteiger partial charge in [-0.3, -0.25) is 14.4 Å². The zero-order valence-electron chi connectivity index (χ0n) is 24.2. The number of phenols is 1. The van der Waals surface area contributed by atoms with Crippen LogP contribution < -0.4 is 15.8 Å². The molecule has 1 aromatic rings. The van der Waals surface area contributed by atoms with Crippen LogP contribution in [0.2, 0.25) is 0 Å². The number of phenolic OH excluding ortho intramolecular Hbond substituents is 1. The first-order valence-electron chi connectivity index (χ1n) is 14.0. The Kier molecular flexibility index (Phi) is 8.86. The number of aryl methyl sites for hydroxylation is 1. The maximum atomic E-state index is 13.0. The van der Waals surface area contributed by atoms with Gasteiger partial charge in [-0.1, -0.05) is 6.07 Å². The Morgan fingerprint density at radius 1 is 1.26 bits per heavy atom. The minimum atomic E-state index is -1.29. The number of ether oxygens (including phenoxy) is 3. The molecular formula is C29H39N3O10. The zero-order valence-corrected chi connectivity index (χ0v) is 24.2. The van der Waals surface area contributed by atoms with Crippen LogP contribution in [0.15, 0.2) is 24.0 Å². The molecule has 42 heavy (non-hydrogen) atoms. The Bertz CT molecular complexity index is 1300. The number of likely N-dealkylation sites (tertiary alicyclic amines) is 1. The van der Waals surface area contributed by atoms with Gasteiger partial charge in [-0.2, -0.15) is 0 Å². The van der Waals surface area contributed by atoms with Gasteiger partial charge >= 0.3 is 17.9 Å². The predicted molar refractivity (Wildman–Crippen MR) is 147 cm³/mol. The Morgan fingerprint density at radius 3 is 2.67 bits per heavy atom.